The van der Waals surface area contributed by atoms with Crippen LogP contribution in [0.25, 0.3) is 0 Å². The van der Waals surface area contributed by atoms with Gasteiger partial charge in [0.2, 0.25) is 0 Å². The maximum absolute atomic E-state index is 13.8. The number of allylic oxidation sites excluding steroid dienone is 2. The van der Waals surface area contributed by atoms with Crippen LogP contribution in [0, 0.1) is 11.8 Å². The second-order valence-corrected chi connectivity index (χ2v) is 7.00. The number of carboxylic acid groups (broad SMARTS) is 1. The molecule has 1 rings (SSSR count). The topological polar surface area (TPSA) is 54.4 Å². The molecule has 0 aromatic heterocycles. The number of carbonyl (C=O) groups excluding carboxylic acids is 1. The van der Waals surface area contributed by atoms with E-state index in [0.717, 1.165) is 38.5 Å². The molecule has 0 spiro atoms. The Morgan fingerprint density at radius 2 is 1.88 bits per heavy atom. The highest BCUT2D eigenvalue weighted by molar-refractivity contribution is 5.88. The van der Waals surface area contributed by atoms with Crippen molar-refractivity contribution in [3.63, 3.8) is 0 Å². The first kappa shape index (κ1) is 20.9. The van der Waals surface area contributed by atoms with Crippen LogP contribution >= 0.6 is 0 Å². The SMILES string of the molecule is CCCCCCC=C[C@H]1C[C@@H](F)C(=O)[C@@H]1CCCCCCC(=O)O. The normalized spacial score (nSPS) is 24.1. The highest BCUT2D eigenvalue weighted by atomic mass is 19.1. The van der Waals surface area contributed by atoms with E-state index in [-0.39, 0.29) is 24.0 Å². The fourth-order valence-corrected chi connectivity index (χ4v) is 3.49. The summed E-state index contributed by atoms with van der Waals surface area (Å²) in [5.41, 5.74) is 0. The summed E-state index contributed by atoms with van der Waals surface area (Å²) in [6, 6.07) is 0. The standard InChI is InChI=1S/C20H33FO3/c1-2-3-4-5-6-9-12-16-15-18(21)20(24)17(16)13-10-7-8-11-14-19(22)23/h9,12,16-18H,2-8,10-11,13-15H2,1H3,(H,22,23)/t16-,17+,18+/m0/s1. The van der Waals surface area contributed by atoms with E-state index in [2.05, 4.69) is 19.1 Å². The number of alkyl halides is 1. The number of aliphatic carboxylic acids is 1. The Bertz CT molecular complexity index is 406. The number of Topliss-reactive ketones (excluding diaryl/α,β-unsaturated/α-hetero) is 1. The quantitative estimate of drug-likeness (QED) is 0.357. The number of halogens is 1. The molecule has 0 radical (unpaired) electrons. The van der Waals surface area contributed by atoms with Crippen LogP contribution < -0.4 is 0 Å². The van der Waals surface area contributed by atoms with Crippen molar-refractivity contribution in [1.82, 2.24) is 0 Å². The van der Waals surface area contributed by atoms with Crippen molar-refractivity contribution in [2.24, 2.45) is 11.8 Å². The van der Waals surface area contributed by atoms with E-state index in [1.807, 2.05) is 0 Å². The Kier molecular flexibility index (Phi) is 10.6. The van der Waals surface area contributed by atoms with Crippen molar-refractivity contribution in [3.05, 3.63) is 12.2 Å². The van der Waals surface area contributed by atoms with Crippen LogP contribution in [-0.2, 0) is 9.59 Å². The van der Waals surface area contributed by atoms with Gasteiger partial charge >= 0.3 is 5.97 Å². The van der Waals surface area contributed by atoms with Crippen molar-refractivity contribution in [2.75, 3.05) is 0 Å². The Morgan fingerprint density at radius 3 is 2.58 bits per heavy atom. The average Bonchev–Trinajstić information content (AvgIpc) is 2.81. The summed E-state index contributed by atoms with van der Waals surface area (Å²) in [6.45, 7) is 2.19. The average molecular weight is 340 g/mol. The molecular formula is C20H33FO3. The summed E-state index contributed by atoms with van der Waals surface area (Å²) < 4.78 is 13.8. The third-order valence-corrected chi connectivity index (χ3v) is 4.93. The van der Waals surface area contributed by atoms with Crippen LogP contribution in [0.3, 0.4) is 0 Å². The van der Waals surface area contributed by atoms with Gasteiger partial charge in [-0.15, -0.1) is 0 Å². The van der Waals surface area contributed by atoms with Gasteiger partial charge in [0.05, 0.1) is 0 Å². The van der Waals surface area contributed by atoms with Crippen molar-refractivity contribution in [1.29, 1.82) is 0 Å². The van der Waals surface area contributed by atoms with Crippen molar-refractivity contribution in [2.45, 2.75) is 90.1 Å². The number of carbonyl (C=O) groups is 2. The smallest absolute Gasteiger partial charge is 0.303 e. The zero-order chi connectivity index (χ0) is 17.8. The summed E-state index contributed by atoms with van der Waals surface area (Å²) >= 11 is 0. The molecule has 1 N–H and O–H groups in total. The third kappa shape index (κ3) is 8.07. The Balaban J connectivity index is 2.29. The zero-order valence-electron chi connectivity index (χ0n) is 15.0. The summed E-state index contributed by atoms with van der Waals surface area (Å²) in [4.78, 5) is 22.5. The molecule has 1 fully saturated rings. The van der Waals surface area contributed by atoms with Crippen LogP contribution in [0.15, 0.2) is 12.2 Å². The first-order valence-electron chi connectivity index (χ1n) is 9.62. The summed E-state index contributed by atoms with van der Waals surface area (Å²) in [7, 11) is 0. The lowest BCUT2D eigenvalue weighted by molar-refractivity contribution is -0.137. The van der Waals surface area contributed by atoms with E-state index in [4.69, 9.17) is 5.11 Å². The largest absolute Gasteiger partial charge is 0.481 e. The van der Waals surface area contributed by atoms with E-state index in [1.54, 1.807) is 0 Å². The van der Waals surface area contributed by atoms with Crippen molar-refractivity contribution in [3.8, 4) is 0 Å². The molecule has 0 aliphatic heterocycles. The molecule has 1 aliphatic carbocycles. The maximum atomic E-state index is 13.8. The third-order valence-electron chi connectivity index (χ3n) is 4.93. The molecule has 138 valence electrons. The van der Waals surface area contributed by atoms with E-state index < -0.39 is 12.1 Å². The molecule has 0 bridgehead atoms. The minimum atomic E-state index is -1.29. The van der Waals surface area contributed by atoms with Crippen LogP contribution in [0.2, 0.25) is 0 Å². The van der Waals surface area contributed by atoms with E-state index in [9.17, 15) is 14.0 Å². The van der Waals surface area contributed by atoms with E-state index in [1.165, 1.54) is 19.3 Å². The number of hydrogen-bond acceptors (Lipinski definition) is 2. The van der Waals surface area contributed by atoms with Gasteiger partial charge in [0.25, 0.3) is 0 Å². The van der Waals surface area contributed by atoms with Gasteiger partial charge in [-0.25, -0.2) is 4.39 Å². The molecule has 3 nitrogen and oxygen atoms in total. The first-order valence-corrected chi connectivity index (χ1v) is 9.62. The molecule has 0 unspecified atom stereocenters. The number of hydrogen-bond donors (Lipinski definition) is 1. The van der Waals surface area contributed by atoms with Gasteiger partial charge in [0.1, 0.15) is 0 Å². The Hall–Kier alpha value is -1.19. The summed E-state index contributed by atoms with van der Waals surface area (Å²) in [6.07, 6.45) is 13.4. The van der Waals surface area contributed by atoms with E-state index in [0.29, 0.717) is 12.8 Å². The van der Waals surface area contributed by atoms with Gasteiger partial charge in [-0.2, -0.15) is 0 Å². The predicted molar refractivity (Wildman–Crippen MR) is 94.7 cm³/mol. The second kappa shape index (κ2) is 12.2. The molecule has 0 saturated heterocycles. The van der Waals surface area contributed by atoms with Crippen LogP contribution in [0.4, 0.5) is 4.39 Å². The lowest BCUT2D eigenvalue weighted by atomic mass is 9.89. The van der Waals surface area contributed by atoms with Gasteiger partial charge < -0.3 is 5.11 Å². The van der Waals surface area contributed by atoms with Crippen molar-refractivity contribution >= 4 is 11.8 Å². The molecule has 1 saturated carbocycles. The van der Waals surface area contributed by atoms with Crippen LogP contribution in [-0.4, -0.2) is 23.0 Å². The van der Waals surface area contributed by atoms with E-state index >= 15 is 0 Å². The van der Waals surface area contributed by atoms with Crippen LogP contribution in [0.1, 0.15) is 84.0 Å². The molecule has 0 aromatic rings. The number of carboxylic acids is 1. The van der Waals surface area contributed by atoms with Crippen LogP contribution in [0.5, 0.6) is 0 Å². The van der Waals surface area contributed by atoms with Gasteiger partial charge in [-0.1, -0.05) is 57.6 Å². The fraction of sp³-hybridized carbons (Fsp3) is 0.800. The maximum Gasteiger partial charge on any atom is 0.303 e. The predicted octanol–water partition coefficient (Wildman–Crippen LogP) is 5.48. The molecule has 0 amide bonds. The van der Waals surface area contributed by atoms with Gasteiger partial charge in [0.15, 0.2) is 12.0 Å². The molecule has 3 atom stereocenters. The monoisotopic (exact) mass is 340 g/mol. The van der Waals surface area contributed by atoms with Gasteiger partial charge in [-0.05, 0) is 38.0 Å². The number of ketones is 1. The second-order valence-electron chi connectivity index (χ2n) is 7.00. The van der Waals surface area contributed by atoms with Gasteiger partial charge in [-0.3, -0.25) is 9.59 Å². The molecule has 0 aromatic carbocycles. The Labute approximate surface area is 145 Å². The summed E-state index contributed by atoms with van der Waals surface area (Å²) in [5.74, 6) is -1.10. The number of rotatable bonds is 13. The first-order chi connectivity index (χ1) is 11.6. The molecule has 1 aliphatic rings. The summed E-state index contributed by atoms with van der Waals surface area (Å²) in [5, 5.41) is 8.60. The fourth-order valence-electron chi connectivity index (χ4n) is 3.49. The Morgan fingerprint density at radius 1 is 1.17 bits per heavy atom. The minimum absolute atomic E-state index is 0.0534. The molecule has 4 heteroatoms. The lowest BCUT2D eigenvalue weighted by Gasteiger charge is -2.14. The van der Waals surface area contributed by atoms with Crippen molar-refractivity contribution < 1.29 is 19.1 Å². The zero-order valence-corrected chi connectivity index (χ0v) is 15.0. The van der Waals surface area contributed by atoms with Gasteiger partial charge in [0, 0.05) is 12.3 Å². The molecule has 24 heavy (non-hydrogen) atoms. The lowest BCUT2D eigenvalue weighted by Crippen LogP contribution is -2.17. The minimum Gasteiger partial charge on any atom is -0.481 e. The number of unbranched alkanes of at least 4 members (excludes halogenated alkanes) is 7. The highest BCUT2D eigenvalue weighted by Gasteiger charge is 2.40. The molecule has 0 heterocycles. The highest BCUT2D eigenvalue weighted by Crippen LogP contribution is 2.35. The molecular weight excluding hydrogens is 307 g/mol.